The Morgan fingerprint density at radius 2 is 1.88 bits per heavy atom. The number of aliphatic hydroxyl groups excluding tert-OH is 1. The number of hydrogen-bond acceptors (Lipinski definition) is 3. The van der Waals surface area contributed by atoms with E-state index in [4.69, 9.17) is 0 Å². The fourth-order valence-corrected chi connectivity index (χ4v) is 2.95. The molecule has 3 heteroatoms. The highest BCUT2D eigenvalue weighted by molar-refractivity contribution is 4.81. The molecule has 0 aromatic heterocycles. The van der Waals surface area contributed by atoms with Crippen molar-refractivity contribution in [2.45, 2.75) is 45.6 Å². The first-order valence-electron chi connectivity index (χ1n) is 7.01. The van der Waals surface area contributed by atoms with E-state index in [0.717, 1.165) is 24.7 Å². The SMILES string of the molecule is CNC(C)(CO)CCCN1CC(C)CC(C)C1. The van der Waals surface area contributed by atoms with Crippen molar-refractivity contribution in [3.8, 4) is 0 Å². The molecule has 0 radical (unpaired) electrons. The van der Waals surface area contributed by atoms with Gasteiger partial charge in [-0.15, -0.1) is 0 Å². The van der Waals surface area contributed by atoms with Crippen LogP contribution in [0.2, 0.25) is 0 Å². The molecule has 1 fully saturated rings. The smallest absolute Gasteiger partial charge is 0.0610 e. The minimum absolute atomic E-state index is 0.104. The molecule has 1 aliphatic rings. The van der Waals surface area contributed by atoms with E-state index in [9.17, 15) is 5.11 Å². The van der Waals surface area contributed by atoms with E-state index < -0.39 is 0 Å². The molecule has 1 saturated heterocycles. The van der Waals surface area contributed by atoms with Crippen molar-refractivity contribution < 1.29 is 5.11 Å². The molecule has 0 saturated carbocycles. The van der Waals surface area contributed by atoms with Crippen LogP contribution >= 0.6 is 0 Å². The van der Waals surface area contributed by atoms with Gasteiger partial charge in [-0.1, -0.05) is 13.8 Å². The van der Waals surface area contributed by atoms with Crippen molar-refractivity contribution >= 4 is 0 Å². The van der Waals surface area contributed by atoms with E-state index >= 15 is 0 Å². The second-order valence-corrected chi connectivity index (χ2v) is 6.28. The monoisotopic (exact) mass is 242 g/mol. The van der Waals surface area contributed by atoms with Crippen molar-refractivity contribution in [2.24, 2.45) is 11.8 Å². The highest BCUT2D eigenvalue weighted by Crippen LogP contribution is 2.21. The fourth-order valence-electron chi connectivity index (χ4n) is 2.95. The third-order valence-corrected chi connectivity index (χ3v) is 4.10. The lowest BCUT2D eigenvalue weighted by Crippen LogP contribution is -2.44. The van der Waals surface area contributed by atoms with E-state index in [0.29, 0.717) is 0 Å². The average Bonchev–Trinajstić information content (AvgIpc) is 2.27. The Bertz CT molecular complexity index is 206. The molecule has 3 nitrogen and oxygen atoms in total. The molecule has 3 atom stereocenters. The molecule has 0 amide bonds. The highest BCUT2D eigenvalue weighted by Gasteiger charge is 2.23. The minimum Gasteiger partial charge on any atom is -0.394 e. The van der Waals surface area contributed by atoms with Crippen molar-refractivity contribution in [1.29, 1.82) is 0 Å². The molecule has 0 aliphatic carbocycles. The summed E-state index contributed by atoms with van der Waals surface area (Å²) in [5.41, 5.74) is -0.104. The number of rotatable bonds is 6. The molecule has 1 aliphatic heterocycles. The molecule has 2 N–H and O–H groups in total. The number of nitrogens with one attached hydrogen (secondary N) is 1. The van der Waals surface area contributed by atoms with Crippen LogP contribution < -0.4 is 5.32 Å². The topological polar surface area (TPSA) is 35.5 Å². The van der Waals surface area contributed by atoms with Gasteiger partial charge in [0.05, 0.1) is 6.61 Å². The van der Waals surface area contributed by atoms with Crippen molar-refractivity contribution in [3.63, 3.8) is 0 Å². The zero-order valence-corrected chi connectivity index (χ0v) is 12.0. The third-order valence-electron chi connectivity index (χ3n) is 4.10. The van der Waals surface area contributed by atoms with E-state index in [-0.39, 0.29) is 12.1 Å². The van der Waals surface area contributed by atoms with E-state index in [2.05, 4.69) is 31.0 Å². The van der Waals surface area contributed by atoms with E-state index in [1.807, 2.05) is 7.05 Å². The first-order valence-corrected chi connectivity index (χ1v) is 7.01. The number of likely N-dealkylation sites (tertiary alicyclic amines) is 1. The zero-order valence-electron chi connectivity index (χ0n) is 12.0. The Labute approximate surface area is 107 Å². The average molecular weight is 242 g/mol. The Kier molecular flexibility index (Phi) is 5.90. The lowest BCUT2D eigenvalue weighted by molar-refractivity contribution is 0.126. The Hall–Kier alpha value is -0.120. The van der Waals surface area contributed by atoms with Crippen molar-refractivity contribution in [3.05, 3.63) is 0 Å². The largest absolute Gasteiger partial charge is 0.394 e. The molecule has 0 bridgehead atoms. The lowest BCUT2D eigenvalue weighted by atomic mass is 9.91. The number of piperidine rings is 1. The van der Waals surface area contributed by atoms with Crippen LogP contribution in [0.25, 0.3) is 0 Å². The fraction of sp³-hybridized carbons (Fsp3) is 1.00. The second kappa shape index (κ2) is 6.72. The maximum atomic E-state index is 9.33. The van der Waals surface area contributed by atoms with Crippen LogP contribution in [-0.2, 0) is 0 Å². The van der Waals surface area contributed by atoms with Gasteiger partial charge in [0.1, 0.15) is 0 Å². The van der Waals surface area contributed by atoms with Gasteiger partial charge >= 0.3 is 0 Å². The molecule has 1 rings (SSSR count). The predicted molar refractivity (Wildman–Crippen MR) is 73.2 cm³/mol. The van der Waals surface area contributed by atoms with Crippen LogP contribution in [0.4, 0.5) is 0 Å². The summed E-state index contributed by atoms with van der Waals surface area (Å²) in [5, 5.41) is 12.5. The summed E-state index contributed by atoms with van der Waals surface area (Å²) in [6.07, 6.45) is 3.58. The summed E-state index contributed by atoms with van der Waals surface area (Å²) in [7, 11) is 1.93. The Morgan fingerprint density at radius 1 is 1.29 bits per heavy atom. The van der Waals surface area contributed by atoms with Gasteiger partial charge in [-0.2, -0.15) is 0 Å². The number of aliphatic hydroxyl groups is 1. The molecule has 102 valence electrons. The number of likely N-dealkylation sites (N-methyl/N-ethyl adjacent to an activating group) is 1. The van der Waals surface area contributed by atoms with Crippen molar-refractivity contribution in [1.82, 2.24) is 10.2 Å². The maximum absolute atomic E-state index is 9.33. The van der Waals surface area contributed by atoms with Crippen LogP contribution in [0.1, 0.15) is 40.0 Å². The molecule has 0 aromatic rings. The second-order valence-electron chi connectivity index (χ2n) is 6.28. The summed E-state index contributed by atoms with van der Waals surface area (Å²) < 4.78 is 0. The van der Waals surface area contributed by atoms with Gasteiger partial charge in [-0.25, -0.2) is 0 Å². The van der Waals surface area contributed by atoms with Crippen LogP contribution in [-0.4, -0.2) is 48.8 Å². The normalized spacial score (nSPS) is 30.2. The zero-order chi connectivity index (χ0) is 12.9. The van der Waals surface area contributed by atoms with Gasteiger partial charge < -0.3 is 15.3 Å². The summed E-state index contributed by atoms with van der Waals surface area (Å²) in [6.45, 7) is 10.7. The van der Waals surface area contributed by atoms with Crippen LogP contribution in [0.3, 0.4) is 0 Å². The summed E-state index contributed by atoms with van der Waals surface area (Å²) in [4.78, 5) is 2.59. The quantitative estimate of drug-likeness (QED) is 0.744. The summed E-state index contributed by atoms with van der Waals surface area (Å²) in [6, 6.07) is 0. The summed E-state index contributed by atoms with van der Waals surface area (Å²) >= 11 is 0. The molecule has 17 heavy (non-hydrogen) atoms. The Balaban J connectivity index is 2.26. The van der Waals surface area contributed by atoms with Gasteiger partial charge in [0.25, 0.3) is 0 Å². The molecule has 3 unspecified atom stereocenters. The van der Waals surface area contributed by atoms with Crippen molar-refractivity contribution in [2.75, 3.05) is 33.3 Å². The van der Waals surface area contributed by atoms with Gasteiger partial charge in [-0.05, 0) is 51.6 Å². The third kappa shape index (κ3) is 4.94. The predicted octanol–water partition coefficient (Wildman–Crippen LogP) is 1.71. The number of hydrogen-bond donors (Lipinski definition) is 2. The van der Waals surface area contributed by atoms with Crippen LogP contribution in [0.5, 0.6) is 0 Å². The van der Waals surface area contributed by atoms with Crippen LogP contribution in [0, 0.1) is 11.8 Å². The maximum Gasteiger partial charge on any atom is 0.0610 e. The van der Waals surface area contributed by atoms with Gasteiger partial charge in [-0.3, -0.25) is 0 Å². The van der Waals surface area contributed by atoms with E-state index in [1.54, 1.807) is 0 Å². The molecule has 0 spiro atoms. The summed E-state index contributed by atoms with van der Waals surface area (Å²) in [5.74, 6) is 1.68. The Morgan fingerprint density at radius 3 is 2.35 bits per heavy atom. The first-order chi connectivity index (χ1) is 7.99. The highest BCUT2D eigenvalue weighted by atomic mass is 16.3. The number of nitrogens with zero attached hydrogens (tertiary/aromatic N) is 1. The lowest BCUT2D eigenvalue weighted by Gasteiger charge is -2.36. The first kappa shape index (κ1) is 14.9. The van der Waals surface area contributed by atoms with Gasteiger partial charge in [0.2, 0.25) is 0 Å². The van der Waals surface area contributed by atoms with E-state index in [1.165, 1.54) is 26.1 Å². The molecule has 1 heterocycles. The van der Waals surface area contributed by atoms with Crippen LogP contribution in [0.15, 0.2) is 0 Å². The minimum atomic E-state index is -0.104. The van der Waals surface area contributed by atoms with Gasteiger partial charge in [0.15, 0.2) is 0 Å². The molecular weight excluding hydrogens is 212 g/mol. The molecular formula is C14H30N2O. The standard InChI is InChI=1S/C14H30N2O/c1-12-8-13(2)10-16(9-12)7-5-6-14(3,11-17)15-4/h12-13,15,17H,5-11H2,1-4H3. The van der Waals surface area contributed by atoms with Gasteiger partial charge in [0, 0.05) is 18.6 Å². The molecule has 0 aromatic carbocycles.